The van der Waals surface area contributed by atoms with Crippen LogP contribution in [-0.2, 0) is 6.54 Å². The third-order valence-electron chi connectivity index (χ3n) is 2.20. The van der Waals surface area contributed by atoms with E-state index in [1.54, 1.807) is 18.2 Å². The van der Waals surface area contributed by atoms with Crippen molar-refractivity contribution >= 4 is 12.1 Å². The lowest BCUT2D eigenvalue weighted by atomic mass is 10.2. The van der Waals surface area contributed by atoms with Gasteiger partial charge >= 0.3 is 0 Å². The Morgan fingerprint density at radius 1 is 1.62 bits per heavy atom. The Morgan fingerprint density at radius 3 is 3.00 bits per heavy atom. The lowest BCUT2D eigenvalue weighted by Gasteiger charge is -1.97. The Balaban J connectivity index is 2.57. The number of nitrogens with two attached hydrogens (primary N) is 1. The van der Waals surface area contributed by atoms with E-state index in [0.29, 0.717) is 35.7 Å². The smallest absolute Gasteiger partial charge is 0.156 e. The molecule has 2 N–H and O–H groups in total. The fraction of sp³-hybridized carbons (Fsp3) is 0.0909. The summed E-state index contributed by atoms with van der Waals surface area (Å²) in [7, 11) is 0. The standard InChI is InChI=1S/C11H11N3O2/c1-2-5-14-11(12)8(7-15)10(13-14)9-4-3-6-16-9/h2-4,6-7H,1,5,12H2. The molecule has 0 amide bonds. The number of hydrogen-bond acceptors (Lipinski definition) is 4. The van der Waals surface area contributed by atoms with Gasteiger partial charge in [-0.3, -0.25) is 4.79 Å². The molecule has 0 unspecified atom stereocenters. The van der Waals surface area contributed by atoms with E-state index in [4.69, 9.17) is 10.2 Å². The van der Waals surface area contributed by atoms with Gasteiger partial charge in [-0.1, -0.05) is 6.08 Å². The van der Waals surface area contributed by atoms with Gasteiger partial charge in [0.15, 0.2) is 12.0 Å². The topological polar surface area (TPSA) is 74.0 Å². The van der Waals surface area contributed by atoms with Crippen LogP contribution < -0.4 is 5.73 Å². The zero-order valence-corrected chi connectivity index (χ0v) is 8.59. The Hall–Kier alpha value is -2.30. The van der Waals surface area contributed by atoms with Gasteiger partial charge in [-0.15, -0.1) is 6.58 Å². The van der Waals surface area contributed by atoms with Crippen molar-refractivity contribution in [2.75, 3.05) is 5.73 Å². The molecular formula is C11H11N3O2. The molecule has 0 spiro atoms. The van der Waals surface area contributed by atoms with Gasteiger partial charge in [-0.05, 0) is 12.1 Å². The van der Waals surface area contributed by atoms with Crippen LogP contribution in [0.25, 0.3) is 11.5 Å². The van der Waals surface area contributed by atoms with E-state index in [1.165, 1.54) is 10.9 Å². The van der Waals surface area contributed by atoms with Crippen molar-refractivity contribution in [3.63, 3.8) is 0 Å². The molecule has 16 heavy (non-hydrogen) atoms. The van der Waals surface area contributed by atoms with E-state index in [9.17, 15) is 4.79 Å². The number of furan rings is 1. The quantitative estimate of drug-likeness (QED) is 0.625. The first kappa shape index (κ1) is 10.2. The average molecular weight is 217 g/mol. The Morgan fingerprint density at radius 2 is 2.44 bits per heavy atom. The number of nitrogens with zero attached hydrogens (tertiary/aromatic N) is 2. The van der Waals surface area contributed by atoms with Crippen LogP contribution in [0.1, 0.15) is 10.4 Å². The first-order valence-electron chi connectivity index (χ1n) is 4.74. The number of aldehydes is 1. The van der Waals surface area contributed by atoms with Crippen LogP contribution in [0.4, 0.5) is 5.82 Å². The molecule has 0 aliphatic rings. The number of carbonyl (C=O) groups excluding carboxylic acids is 1. The number of carbonyl (C=O) groups is 1. The van der Waals surface area contributed by atoms with Crippen LogP contribution in [0, 0.1) is 0 Å². The molecule has 2 aromatic heterocycles. The lowest BCUT2D eigenvalue weighted by Crippen LogP contribution is -2.03. The van der Waals surface area contributed by atoms with Crippen molar-refractivity contribution in [1.82, 2.24) is 9.78 Å². The molecule has 0 atom stereocenters. The van der Waals surface area contributed by atoms with Gasteiger partial charge in [0.2, 0.25) is 0 Å². The van der Waals surface area contributed by atoms with Crippen molar-refractivity contribution in [3.05, 3.63) is 36.6 Å². The Kier molecular flexibility index (Phi) is 2.59. The summed E-state index contributed by atoms with van der Waals surface area (Å²) >= 11 is 0. The maximum Gasteiger partial charge on any atom is 0.156 e. The van der Waals surface area contributed by atoms with E-state index < -0.39 is 0 Å². The first-order valence-corrected chi connectivity index (χ1v) is 4.74. The van der Waals surface area contributed by atoms with Gasteiger partial charge < -0.3 is 10.2 Å². The van der Waals surface area contributed by atoms with Crippen LogP contribution in [0.5, 0.6) is 0 Å². The summed E-state index contributed by atoms with van der Waals surface area (Å²) in [6.45, 7) is 4.05. The van der Waals surface area contributed by atoms with Gasteiger partial charge in [0, 0.05) is 0 Å². The minimum Gasteiger partial charge on any atom is -0.463 e. The Labute approximate surface area is 92.2 Å². The average Bonchev–Trinajstić information content (AvgIpc) is 2.88. The summed E-state index contributed by atoms with van der Waals surface area (Å²) in [5.74, 6) is 0.845. The number of aromatic nitrogens is 2. The second-order valence-electron chi connectivity index (χ2n) is 3.21. The molecule has 0 saturated heterocycles. The third kappa shape index (κ3) is 1.52. The summed E-state index contributed by atoms with van der Waals surface area (Å²) in [5.41, 5.74) is 6.59. The van der Waals surface area contributed by atoms with Crippen molar-refractivity contribution < 1.29 is 9.21 Å². The summed E-state index contributed by atoms with van der Waals surface area (Å²) in [4.78, 5) is 11.0. The fourth-order valence-electron chi connectivity index (χ4n) is 1.46. The van der Waals surface area contributed by atoms with Crippen LogP contribution in [0.2, 0.25) is 0 Å². The zero-order chi connectivity index (χ0) is 11.5. The van der Waals surface area contributed by atoms with E-state index in [2.05, 4.69) is 11.7 Å². The molecule has 0 radical (unpaired) electrons. The number of allylic oxidation sites excluding steroid dienone is 1. The van der Waals surface area contributed by atoms with Gasteiger partial charge in [-0.25, -0.2) is 4.68 Å². The predicted octanol–water partition coefficient (Wildman–Crippen LogP) is 1.72. The molecule has 2 heterocycles. The SMILES string of the molecule is C=CCn1nc(-c2ccco2)c(C=O)c1N. The van der Waals surface area contributed by atoms with Crippen LogP contribution >= 0.6 is 0 Å². The molecule has 5 heteroatoms. The van der Waals surface area contributed by atoms with Crippen LogP contribution in [0.15, 0.2) is 35.5 Å². The van der Waals surface area contributed by atoms with Crippen molar-refractivity contribution in [2.24, 2.45) is 0 Å². The number of hydrogen-bond donors (Lipinski definition) is 1. The van der Waals surface area contributed by atoms with Crippen molar-refractivity contribution in [2.45, 2.75) is 6.54 Å². The molecule has 2 rings (SSSR count). The maximum atomic E-state index is 11.0. The highest BCUT2D eigenvalue weighted by atomic mass is 16.3. The molecule has 0 aliphatic heterocycles. The third-order valence-corrected chi connectivity index (χ3v) is 2.20. The van der Waals surface area contributed by atoms with E-state index in [-0.39, 0.29) is 0 Å². The minimum atomic E-state index is 0.321. The molecule has 0 fully saturated rings. The highest BCUT2D eigenvalue weighted by molar-refractivity contribution is 5.90. The van der Waals surface area contributed by atoms with E-state index >= 15 is 0 Å². The minimum absolute atomic E-state index is 0.321. The molecular weight excluding hydrogens is 206 g/mol. The maximum absolute atomic E-state index is 11.0. The summed E-state index contributed by atoms with van der Waals surface area (Å²) < 4.78 is 6.70. The molecule has 0 aromatic carbocycles. The normalized spacial score (nSPS) is 10.2. The second-order valence-corrected chi connectivity index (χ2v) is 3.21. The number of anilines is 1. The van der Waals surface area contributed by atoms with Crippen molar-refractivity contribution in [1.29, 1.82) is 0 Å². The lowest BCUT2D eigenvalue weighted by molar-refractivity contribution is 0.112. The van der Waals surface area contributed by atoms with Crippen molar-refractivity contribution in [3.8, 4) is 11.5 Å². The molecule has 2 aromatic rings. The van der Waals surface area contributed by atoms with Gasteiger partial charge in [0.05, 0.1) is 18.4 Å². The molecule has 0 aliphatic carbocycles. The summed E-state index contributed by atoms with van der Waals surface area (Å²) in [6.07, 6.45) is 3.86. The zero-order valence-electron chi connectivity index (χ0n) is 8.59. The first-order chi connectivity index (χ1) is 7.77. The molecule has 5 nitrogen and oxygen atoms in total. The van der Waals surface area contributed by atoms with E-state index in [1.807, 2.05) is 0 Å². The van der Waals surface area contributed by atoms with Crippen LogP contribution in [-0.4, -0.2) is 16.1 Å². The van der Waals surface area contributed by atoms with Crippen LogP contribution in [0.3, 0.4) is 0 Å². The second kappa shape index (κ2) is 4.06. The monoisotopic (exact) mass is 217 g/mol. The number of rotatable bonds is 4. The van der Waals surface area contributed by atoms with Gasteiger partial charge in [-0.2, -0.15) is 5.10 Å². The van der Waals surface area contributed by atoms with E-state index in [0.717, 1.165) is 0 Å². The fourth-order valence-corrected chi connectivity index (χ4v) is 1.46. The Bertz CT molecular complexity index is 512. The largest absolute Gasteiger partial charge is 0.463 e. The number of nitrogen functional groups attached to an aromatic ring is 1. The van der Waals surface area contributed by atoms with Gasteiger partial charge in [0.25, 0.3) is 0 Å². The summed E-state index contributed by atoms with van der Waals surface area (Å²) in [5, 5.41) is 4.21. The molecule has 0 saturated carbocycles. The van der Waals surface area contributed by atoms with Gasteiger partial charge in [0.1, 0.15) is 11.5 Å². The highest BCUT2D eigenvalue weighted by Crippen LogP contribution is 2.25. The molecule has 82 valence electrons. The predicted molar refractivity (Wildman–Crippen MR) is 59.9 cm³/mol. The molecule has 0 bridgehead atoms. The highest BCUT2D eigenvalue weighted by Gasteiger charge is 2.17. The summed E-state index contributed by atoms with van der Waals surface area (Å²) in [6, 6.07) is 3.46.